The van der Waals surface area contributed by atoms with Crippen LogP contribution in [-0.4, -0.2) is 46.2 Å². The van der Waals surface area contributed by atoms with E-state index in [0.29, 0.717) is 5.92 Å². The first-order valence-electron chi connectivity index (χ1n) is 6.87. The van der Waals surface area contributed by atoms with Crippen molar-refractivity contribution in [3.8, 4) is 0 Å². The molecule has 5 nitrogen and oxygen atoms in total. The molecule has 0 atom stereocenters. The predicted octanol–water partition coefficient (Wildman–Crippen LogP) is 2.06. The lowest BCUT2D eigenvalue weighted by Crippen LogP contribution is -2.44. The first-order valence-corrected chi connectivity index (χ1v) is 6.87. The fraction of sp³-hybridized carbons (Fsp3) is 0.857. The molecule has 0 bridgehead atoms. The average molecular weight is 271 g/mol. The molecule has 0 spiro atoms. The van der Waals surface area contributed by atoms with Crippen LogP contribution >= 0.6 is 0 Å². The number of hydrogen-bond donors (Lipinski definition) is 2. The van der Waals surface area contributed by atoms with Gasteiger partial charge in [0.15, 0.2) is 0 Å². The minimum Gasteiger partial charge on any atom is -0.480 e. The predicted molar refractivity (Wildman–Crippen MR) is 72.0 cm³/mol. The number of carboxylic acid groups (broad SMARTS) is 2. The van der Waals surface area contributed by atoms with E-state index in [2.05, 4.69) is 20.8 Å². The number of rotatable bonds is 5. The first-order chi connectivity index (χ1) is 8.70. The topological polar surface area (TPSA) is 77.8 Å². The van der Waals surface area contributed by atoms with Gasteiger partial charge in [0.25, 0.3) is 0 Å². The summed E-state index contributed by atoms with van der Waals surface area (Å²) in [5, 5.41) is 17.7. The average Bonchev–Trinajstić information content (AvgIpc) is 2.26. The van der Waals surface area contributed by atoms with Gasteiger partial charge in [-0.2, -0.15) is 0 Å². The van der Waals surface area contributed by atoms with Gasteiger partial charge in [0.2, 0.25) is 0 Å². The summed E-state index contributed by atoms with van der Waals surface area (Å²) >= 11 is 0. The summed E-state index contributed by atoms with van der Waals surface area (Å²) in [7, 11) is 0. The maximum atomic E-state index is 10.8. The van der Waals surface area contributed by atoms with Crippen LogP contribution in [0.4, 0.5) is 0 Å². The van der Waals surface area contributed by atoms with E-state index in [1.807, 2.05) is 0 Å². The third kappa shape index (κ3) is 5.19. The highest BCUT2D eigenvalue weighted by Crippen LogP contribution is 2.38. The Bertz CT molecular complexity index is 311. The molecule has 110 valence electrons. The lowest BCUT2D eigenvalue weighted by Gasteiger charge is -2.40. The molecule has 5 heteroatoms. The zero-order valence-corrected chi connectivity index (χ0v) is 12.1. The van der Waals surface area contributed by atoms with Crippen LogP contribution in [0.1, 0.15) is 46.5 Å². The SMILES string of the molecule is CC(C)(C)C1CCC(N(CC(=O)O)CC(=O)O)CC1. The molecule has 0 radical (unpaired) electrons. The molecule has 2 N–H and O–H groups in total. The highest BCUT2D eigenvalue weighted by molar-refractivity contribution is 5.72. The molecular formula is C14H25NO4. The van der Waals surface area contributed by atoms with Crippen molar-refractivity contribution in [2.24, 2.45) is 11.3 Å². The van der Waals surface area contributed by atoms with Crippen molar-refractivity contribution in [2.75, 3.05) is 13.1 Å². The molecule has 0 aromatic heterocycles. The Morgan fingerprint density at radius 3 is 1.74 bits per heavy atom. The van der Waals surface area contributed by atoms with Crippen molar-refractivity contribution < 1.29 is 19.8 Å². The van der Waals surface area contributed by atoms with Gasteiger partial charge in [-0.05, 0) is 37.0 Å². The van der Waals surface area contributed by atoms with Gasteiger partial charge in [0, 0.05) is 6.04 Å². The Kier molecular flexibility index (Phi) is 5.35. The van der Waals surface area contributed by atoms with Crippen molar-refractivity contribution in [3.63, 3.8) is 0 Å². The summed E-state index contributed by atoms with van der Waals surface area (Å²) in [5.41, 5.74) is 0.273. The third-order valence-electron chi connectivity index (χ3n) is 4.11. The zero-order valence-electron chi connectivity index (χ0n) is 12.1. The summed E-state index contributed by atoms with van der Waals surface area (Å²) in [4.78, 5) is 23.2. The molecule has 0 unspecified atom stereocenters. The summed E-state index contributed by atoms with van der Waals surface area (Å²) < 4.78 is 0. The van der Waals surface area contributed by atoms with Crippen LogP contribution in [0.2, 0.25) is 0 Å². The Morgan fingerprint density at radius 1 is 1.00 bits per heavy atom. The maximum absolute atomic E-state index is 10.8. The maximum Gasteiger partial charge on any atom is 0.317 e. The lowest BCUT2D eigenvalue weighted by atomic mass is 9.71. The molecule has 0 heterocycles. The van der Waals surface area contributed by atoms with E-state index >= 15 is 0 Å². The molecule has 0 amide bonds. The number of carboxylic acids is 2. The number of nitrogens with zero attached hydrogens (tertiary/aromatic N) is 1. The summed E-state index contributed by atoms with van der Waals surface area (Å²) in [6, 6.07) is 0.0887. The van der Waals surface area contributed by atoms with E-state index in [9.17, 15) is 9.59 Å². The highest BCUT2D eigenvalue weighted by atomic mass is 16.4. The molecule has 0 aromatic carbocycles. The minimum absolute atomic E-state index is 0.0887. The van der Waals surface area contributed by atoms with Gasteiger partial charge in [-0.25, -0.2) is 0 Å². The van der Waals surface area contributed by atoms with Crippen molar-refractivity contribution in [1.82, 2.24) is 4.90 Å². The Labute approximate surface area is 114 Å². The molecule has 1 rings (SSSR count). The number of hydrogen-bond acceptors (Lipinski definition) is 3. The Morgan fingerprint density at radius 2 is 1.42 bits per heavy atom. The van der Waals surface area contributed by atoms with Crippen molar-refractivity contribution in [1.29, 1.82) is 0 Å². The van der Waals surface area contributed by atoms with E-state index in [0.717, 1.165) is 25.7 Å². The van der Waals surface area contributed by atoms with E-state index in [1.54, 1.807) is 4.90 Å². The van der Waals surface area contributed by atoms with Crippen LogP contribution in [-0.2, 0) is 9.59 Å². The van der Waals surface area contributed by atoms with Crippen LogP contribution < -0.4 is 0 Å². The van der Waals surface area contributed by atoms with Crippen LogP contribution in [0.25, 0.3) is 0 Å². The van der Waals surface area contributed by atoms with E-state index < -0.39 is 11.9 Å². The Balaban J connectivity index is 2.58. The van der Waals surface area contributed by atoms with Crippen molar-refractivity contribution in [3.05, 3.63) is 0 Å². The molecule has 1 fully saturated rings. The largest absolute Gasteiger partial charge is 0.480 e. The van der Waals surface area contributed by atoms with E-state index in [4.69, 9.17) is 10.2 Å². The lowest BCUT2D eigenvalue weighted by molar-refractivity contribution is -0.143. The summed E-state index contributed by atoms with van der Waals surface area (Å²) in [6.45, 7) is 6.31. The van der Waals surface area contributed by atoms with Gasteiger partial charge in [-0.1, -0.05) is 20.8 Å². The molecule has 1 aliphatic carbocycles. The normalized spacial score (nSPS) is 24.4. The molecule has 0 aliphatic heterocycles. The monoisotopic (exact) mass is 271 g/mol. The highest BCUT2D eigenvalue weighted by Gasteiger charge is 2.33. The van der Waals surface area contributed by atoms with Gasteiger partial charge in [0.05, 0.1) is 13.1 Å². The molecular weight excluding hydrogens is 246 g/mol. The molecule has 19 heavy (non-hydrogen) atoms. The summed E-state index contributed by atoms with van der Waals surface area (Å²) in [6.07, 6.45) is 3.87. The number of aliphatic carboxylic acids is 2. The molecule has 1 saturated carbocycles. The van der Waals surface area contributed by atoms with Gasteiger partial charge < -0.3 is 10.2 Å². The van der Waals surface area contributed by atoms with Crippen LogP contribution in [0.5, 0.6) is 0 Å². The van der Waals surface area contributed by atoms with Gasteiger partial charge in [0.1, 0.15) is 0 Å². The van der Waals surface area contributed by atoms with E-state index in [1.165, 1.54) is 0 Å². The molecule has 0 saturated heterocycles. The van der Waals surface area contributed by atoms with Crippen LogP contribution in [0.15, 0.2) is 0 Å². The number of carbonyl (C=O) groups is 2. The molecule has 0 aromatic rings. The second kappa shape index (κ2) is 6.37. The summed E-state index contributed by atoms with van der Waals surface area (Å²) in [5.74, 6) is -1.28. The Hall–Kier alpha value is -1.10. The van der Waals surface area contributed by atoms with E-state index in [-0.39, 0.29) is 24.5 Å². The van der Waals surface area contributed by atoms with Gasteiger partial charge >= 0.3 is 11.9 Å². The smallest absolute Gasteiger partial charge is 0.317 e. The minimum atomic E-state index is -0.959. The van der Waals surface area contributed by atoms with Crippen molar-refractivity contribution in [2.45, 2.75) is 52.5 Å². The fourth-order valence-corrected chi connectivity index (χ4v) is 2.97. The van der Waals surface area contributed by atoms with Crippen LogP contribution in [0.3, 0.4) is 0 Å². The van der Waals surface area contributed by atoms with Gasteiger partial charge in [-0.15, -0.1) is 0 Å². The zero-order chi connectivity index (χ0) is 14.6. The van der Waals surface area contributed by atoms with Crippen molar-refractivity contribution >= 4 is 11.9 Å². The fourth-order valence-electron chi connectivity index (χ4n) is 2.97. The quantitative estimate of drug-likeness (QED) is 0.800. The first kappa shape index (κ1) is 16.0. The van der Waals surface area contributed by atoms with Gasteiger partial charge in [-0.3, -0.25) is 14.5 Å². The molecule has 1 aliphatic rings. The standard InChI is InChI=1S/C14H25NO4/c1-14(2,3)10-4-6-11(7-5-10)15(8-12(16)17)9-13(18)19/h10-11H,4-9H2,1-3H3,(H,16,17)(H,18,19). The van der Waals surface area contributed by atoms with Crippen LogP contribution in [0, 0.1) is 11.3 Å². The second-order valence-electron chi connectivity index (χ2n) is 6.56. The second-order valence-corrected chi connectivity index (χ2v) is 6.56. The third-order valence-corrected chi connectivity index (χ3v) is 4.11.